The van der Waals surface area contributed by atoms with Crippen LogP contribution in [0.15, 0.2) is 41.2 Å². The van der Waals surface area contributed by atoms with Crippen molar-refractivity contribution in [2.45, 2.75) is 31.0 Å². The summed E-state index contributed by atoms with van der Waals surface area (Å²) in [7, 11) is 0. The highest BCUT2D eigenvalue weighted by Gasteiger charge is 2.30. The third-order valence-corrected chi connectivity index (χ3v) is 4.27. The molecule has 0 radical (unpaired) electrons. The molecule has 0 bridgehead atoms. The van der Waals surface area contributed by atoms with Crippen LogP contribution in [0.1, 0.15) is 52.0 Å². The number of hydrogen-bond donors (Lipinski definition) is 3. The number of aliphatic hydroxyl groups excluding tert-OH is 1. The van der Waals surface area contributed by atoms with E-state index >= 15 is 0 Å². The van der Waals surface area contributed by atoms with Gasteiger partial charge in [-0.1, -0.05) is 12.1 Å². The summed E-state index contributed by atoms with van der Waals surface area (Å²) in [6.07, 6.45) is -2.56. The largest absolute Gasteiger partial charge is 0.416 e. The van der Waals surface area contributed by atoms with Crippen LogP contribution in [0.3, 0.4) is 0 Å². The summed E-state index contributed by atoms with van der Waals surface area (Å²) in [5.41, 5.74) is -0.0255. The van der Waals surface area contributed by atoms with Gasteiger partial charge >= 0.3 is 6.18 Å². The summed E-state index contributed by atoms with van der Waals surface area (Å²) in [5, 5.41) is 12.1. The normalized spacial score (nSPS) is 15.5. The maximum atomic E-state index is 12.6. The summed E-state index contributed by atoms with van der Waals surface area (Å²) in [6.45, 7) is -0.490. The first-order chi connectivity index (χ1) is 12.3. The summed E-state index contributed by atoms with van der Waals surface area (Å²) in [4.78, 5) is 26.8. The van der Waals surface area contributed by atoms with Gasteiger partial charge in [-0.05, 0) is 42.5 Å². The van der Waals surface area contributed by atoms with Crippen molar-refractivity contribution in [3.05, 3.63) is 69.1 Å². The Morgan fingerprint density at radius 2 is 1.88 bits per heavy atom. The van der Waals surface area contributed by atoms with Crippen LogP contribution in [0.2, 0.25) is 0 Å². The standard InChI is InChI=1S/C18H17F3N2O3/c19-18(20,21)13-5-3-11(4-6-13)15(9-24)23-17(26)12-7-14(10-1-2-10)22-16(25)8-12/h3-8,10,15,24H,1-2,9H2,(H,22,25)(H,23,26). The van der Waals surface area contributed by atoms with Gasteiger partial charge in [0, 0.05) is 17.3 Å². The summed E-state index contributed by atoms with van der Waals surface area (Å²) < 4.78 is 37.9. The fraction of sp³-hybridized carbons (Fsp3) is 0.333. The van der Waals surface area contributed by atoms with Crippen molar-refractivity contribution in [3.8, 4) is 0 Å². The molecular weight excluding hydrogens is 349 g/mol. The average molecular weight is 366 g/mol. The number of benzene rings is 1. The Morgan fingerprint density at radius 1 is 1.23 bits per heavy atom. The lowest BCUT2D eigenvalue weighted by Crippen LogP contribution is -2.31. The quantitative estimate of drug-likeness (QED) is 0.761. The number of aromatic nitrogens is 1. The van der Waals surface area contributed by atoms with E-state index in [0.717, 1.165) is 31.0 Å². The Bertz CT molecular complexity index is 855. The molecule has 2 aromatic rings. The van der Waals surface area contributed by atoms with Crippen LogP contribution >= 0.6 is 0 Å². The van der Waals surface area contributed by atoms with Gasteiger partial charge in [0.2, 0.25) is 5.56 Å². The highest BCUT2D eigenvalue weighted by atomic mass is 19.4. The minimum atomic E-state index is -4.46. The fourth-order valence-corrected chi connectivity index (χ4v) is 2.69. The van der Waals surface area contributed by atoms with Gasteiger partial charge in [-0.25, -0.2) is 0 Å². The molecular formula is C18H17F3N2O3. The molecule has 1 saturated carbocycles. The van der Waals surface area contributed by atoms with E-state index in [1.807, 2.05) is 0 Å². The van der Waals surface area contributed by atoms with Crippen molar-refractivity contribution in [1.29, 1.82) is 0 Å². The first-order valence-electron chi connectivity index (χ1n) is 8.11. The van der Waals surface area contributed by atoms with Crippen molar-refractivity contribution in [1.82, 2.24) is 10.3 Å². The number of H-pyrrole nitrogens is 1. The predicted molar refractivity (Wildman–Crippen MR) is 87.8 cm³/mol. The number of amides is 1. The van der Waals surface area contributed by atoms with Gasteiger partial charge in [-0.2, -0.15) is 13.2 Å². The Kier molecular flexibility index (Phi) is 4.86. The fourth-order valence-electron chi connectivity index (χ4n) is 2.69. The molecule has 1 aliphatic carbocycles. The van der Waals surface area contributed by atoms with E-state index in [-0.39, 0.29) is 11.5 Å². The predicted octanol–water partition coefficient (Wildman–Crippen LogP) is 2.73. The molecule has 1 aromatic heterocycles. The maximum absolute atomic E-state index is 12.6. The van der Waals surface area contributed by atoms with Gasteiger partial charge in [0.05, 0.1) is 18.2 Å². The Morgan fingerprint density at radius 3 is 2.42 bits per heavy atom. The molecule has 138 valence electrons. The maximum Gasteiger partial charge on any atom is 0.416 e. The van der Waals surface area contributed by atoms with E-state index in [4.69, 9.17) is 0 Å². The van der Waals surface area contributed by atoms with Crippen LogP contribution < -0.4 is 10.9 Å². The molecule has 1 amide bonds. The summed E-state index contributed by atoms with van der Waals surface area (Å²) in [6, 6.07) is 6.06. The molecule has 1 atom stereocenters. The Labute approximate surface area is 146 Å². The van der Waals surface area contributed by atoms with E-state index in [2.05, 4.69) is 10.3 Å². The Hall–Kier alpha value is -2.61. The molecule has 3 N–H and O–H groups in total. The molecule has 0 spiro atoms. The zero-order valence-corrected chi connectivity index (χ0v) is 13.6. The number of pyridine rings is 1. The molecule has 5 nitrogen and oxygen atoms in total. The second kappa shape index (κ2) is 6.95. The lowest BCUT2D eigenvalue weighted by Gasteiger charge is -2.18. The molecule has 26 heavy (non-hydrogen) atoms. The van der Waals surface area contributed by atoms with Crippen LogP contribution in [-0.2, 0) is 6.18 Å². The number of aromatic amines is 1. The number of carbonyl (C=O) groups is 1. The second-order valence-corrected chi connectivity index (χ2v) is 6.29. The van der Waals surface area contributed by atoms with Crippen molar-refractivity contribution < 1.29 is 23.1 Å². The summed E-state index contributed by atoms with van der Waals surface area (Å²) >= 11 is 0. The van der Waals surface area contributed by atoms with Crippen LogP contribution in [0.5, 0.6) is 0 Å². The molecule has 0 aliphatic heterocycles. The zero-order valence-electron chi connectivity index (χ0n) is 13.6. The first-order valence-corrected chi connectivity index (χ1v) is 8.11. The lowest BCUT2D eigenvalue weighted by molar-refractivity contribution is -0.137. The van der Waals surface area contributed by atoms with Crippen molar-refractivity contribution in [2.24, 2.45) is 0 Å². The van der Waals surface area contributed by atoms with E-state index in [1.165, 1.54) is 12.1 Å². The zero-order chi connectivity index (χ0) is 18.9. The molecule has 1 heterocycles. The van der Waals surface area contributed by atoms with E-state index in [0.29, 0.717) is 11.3 Å². The molecule has 1 fully saturated rings. The topological polar surface area (TPSA) is 82.2 Å². The number of nitrogens with one attached hydrogen (secondary N) is 2. The number of hydrogen-bond acceptors (Lipinski definition) is 3. The molecule has 1 unspecified atom stereocenters. The number of carbonyl (C=O) groups excluding carboxylic acids is 1. The van der Waals surface area contributed by atoms with Gasteiger partial charge in [-0.3, -0.25) is 9.59 Å². The van der Waals surface area contributed by atoms with Crippen LogP contribution in [-0.4, -0.2) is 22.6 Å². The van der Waals surface area contributed by atoms with Crippen molar-refractivity contribution >= 4 is 5.91 Å². The van der Waals surface area contributed by atoms with Gasteiger partial charge < -0.3 is 15.4 Å². The third kappa shape index (κ3) is 4.13. The van der Waals surface area contributed by atoms with E-state index in [1.54, 1.807) is 6.07 Å². The highest BCUT2D eigenvalue weighted by molar-refractivity contribution is 5.94. The van der Waals surface area contributed by atoms with Crippen LogP contribution in [0.4, 0.5) is 13.2 Å². The van der Waals surface area contributed by atoms with Gasteiger partial charge in [0.15, 0.2) is 0 Å². The number of aliphatic hydroxyl groups is 1. The first kappa shape index (κ1) is 18.2. The lowest BCUT2D eigenvalue weighted by atomic mass is 10.0. The SMILES string of the molecule is O=C(NC(CO)c1ccc(C(F)(F)F)cc1)c1cc(C2CC2)[nH]c(=O)c1. The van der Waals surface area contributed by atoms with Crippen molar-refractivity contribution in [3.63, 3.8) is 0 Å². The third-order valence-electron chi connectivity index (χ3n) is 4.27. The minimum Gasteiger partial charge on any atom is -0.394 e. The van der Waals surface area contributed by atoms with Gasteiger partial charge in [0.1, 0.15) is 0 Å². The van der Waals surface area contributed by atoms with Crippen LogP contribution in [0.25, 0.3) is 0 Å². The molecule has 1 aliphatic rings. The Balaban J connectivity index is 1.77. The van der Waals surface area contributed by atoms with Crippen LogP contribution in [0, 0.1) is 0 Å². The minimum absolute atomic E-state index is 0.154. The van der Waals surface area contributed by atoms with Gasteiger partial charge in [-0.15, -0.1) is 0 Å². The highest BCUT2D eigenvalue weighted by Crippen LogP contribution is 2.38. The monoisotopic (exact) mass is 366 g/mol. The van der Waals surface area contributed by atoms with Crippen molar-refractivity contribution in [2.75, 3.05) is 6.61 Å². The average Bonchev–Trinajstić information content (AvgIpc) is 3.43. The van der Waals surface area contributed by atoms with E-state index < -0.39 is 35.9 Å². The molecule has 0 saturated heterocycles. The second-order valence-electron chi connectivity index (χ2n) is 6.29. The number of rotatable bonds is 5. The smallest absolute Gasteiger partial charge is 0.394 e. The van der Waals surface area contributed by atoms with E-state index in [9.17, 15) is 27.9 Å². The number of alkyl halides is 3. The van der Waals surface area contributed by atoms with Gasteiger partial charge in [0.25, 0.3) is 5.91 Å². The molecule has 3 rings (SSSR count). The number of halogens is 3. The molecule has 8 heteroatoms. The summed E-state index contributed by atoms with van der Waals surface area (Å²) in [5.74, 6) is -0.323. The molecule has 1 aromatic carbocycles.